The van der Waals surface area contributed by atoms with Crippen molar-refractivity contribution < 1.29 is 13.9 Å². The molecule has 1 aliphatic heterocycles. The number of benzene rings is 1. The molecule has 1 aromatic heterocycles. The second-order valence-corrected chi connectivity index (χ2v) is 6.85. The lowest BCUT2D eigenvalue weighted by atomic mass is 10.1. The number of amides is 1. The Morgan fingerprint density at radius 2 is 2.28 bits per heavy atom. The molecule has 5 nitrogen and oxygen atoms in total. The fraction of sp³-hybridized carbons (Fsp3) is 0.474. The third-order valence-electron chi connectivity index (χ3n) is 4.30. The Morgan fingerprint density at radius 1 is 1.44 bits per heavy atom. The number of nitrogens with zero attached hydrogens (tertiary/aromatic N) is 2. The lowest BCUT2D eigenvalue weighted by molar-refractivity contribution is -0.0295. The first kappa shape index (κ1) is 17.8. The van der Waals surface area contributed by atoms with Gasteiger partial charge in [0, 0.05) is 37.8 Å². The molecule has 2 heterocycles. The zero-order valence-electron chi connectivity index (χ0n) is 14.7. The number of halogens is 1. The molecule has 0 aliphatic carbocycles. The second kappa shape index (κ2) is 7.89. The first-order valence-corrected chi connectivity index (χ1v) is 8.70. The molecule has 1 saturated heterocycles. The number of ether oxygens (including phenoxy) is 1. The highest BCUT2D eigenvalue weighted by molar-refractivity contribution is 6.05. The van der Waals surface area contributed by atoms with E-state index in [1.165, 1.54) is 12.1 Å². The maximum absolute atomic E-state index is 13.9. The van der Waals surface area contributed by atoms with Crippen LogP contribution in [0.4, 0.5) is 4.39 Å². The molecule has 0 spiro atoms. The molecular formula is C19H24FN3O2. The number of rotatable bonds is 5. The summed E-state index contributed by atoms with van der Waals surface area (Å²) in [5.74, 6) is -0.0298. The zero-order chi connectivity index (χ0) is 17.8. The Balaban J connectivity index is 1.64. The minimum absolute atomic E-state index is 0.0314. The maximum atomic E-state index is 13.9. The number of aromatic nitrogens is 1. The standard InChI is InChI=1S/C19H24FN3O2/c1-13(2)11-23-8-9-25-14(12-23)10-22-19(24)16-5-6-17(20)15-4-3-7-21-18(15)16/h3-7,13-14H,8-12H2,1-2H3,(H,22,24). The summed E-state index contributed by atoms with van der Waals surface area (Å²) in [5, 5.41) is 3.25. The average Bonchev–Trinajstić information content (AvgIpc) is 2.60. The first-order chi connectivity index (χ1) is 12.0. The molecule has 1 atom stereocenters. The van der Waals surface area contributed by atoms with E-state index in [9.17, 15) is 9.18 Å². The Hall–Kier alpha value is -2.05. The molecule has 0 saturated carbocycles. The lowest BCUT2D eigenvalue weighted by Gasteiger charge is -2.33. The highest BCUT2D eigenvalue weighted by atomic mass is 19.1. The number of morpholine rings is 1. The molecule has 1 amide bonds. The Morgan fingerprint density at radius 3 is 3.08 bits per heavy atom. The van der Waals surface area contributed by atoms with Crippen molar-refractivity contribution in [2.75, 3.05) is 32.8 Å². The maximum Gasteiger partial charge on any atom is 0.253 e. The first-order valence-electron chi connectivity index (χ1n) is 8.70. The van der Waals surface area contributed by atoms with Crippen molar-refractivity contribution >= 4 is 16.8 Å². The molecule has 1 N–H and O–H groups in total. The summed E-state index contributed by atoms with van der Waals surface area (Å²) in [5.41, 5.74) is 0.762. The average molecular weight is 345 g/mol. The van der Waals surface area contributed by atoms with E-state index in [1.54, 1.807) is 18.3 Å². The van der Waals surface area contributed by atoms with Crippen molar-refractivity contribution in [3.63, 3.8) is 0 Å². The van der Waals surface area contributed by atoms with Crippen LogP contribution in [0, 0.1) is 11.7 Å². The van der Waals surface area contributed by atoms with Crippen LogP contribution in [-0.2, 0) is 4.74 Å². The molecule has 3 rings (SSSR count). The van der Waals surface area contributed by atoms with E-state index >= 15 is 0 Å². The van der Waals surface area contributed by atoms with E-state index in [-0.39, 0.29) is 17.8 Å². The van der Waals surface area contributed by atoms with Gasteiger partial charge in [-0.1, -0.05) is 13.8 Å². The molecule has 0 radical (unpaired) electrons. The molecule has 2 aromatic rings. The number of nitrogens with one attached hydrogen (secondary N) is 1. The minimum Gasteiger partial charge on any atom is -0.374 e. The lowest BCUT2D eigenvalue weighted by Crippen LogP contribution is -2.48. The van der Waals surface area contributed by atoms with E-state index in [0.29, 0.717) is 35.5 Å². The molecule has 1 fully saturated rings. The van der Waals surface area contributed by atoms with Gasteiger partial charge in [0.1, 0.15) is 5.82 Å². The Bertz CT molecular complexity index is 751. The van der Waals surface area contributed by atoms with Crippen LogP contribution in [0.1, 0.15) is 24.2 Å². The summed E-state index contributed by atoms with van der Waals surface area (Å²) in [6.07, 6.45) is 1.53. The largest absolute Gasteiger partial charge is 0.374 e. The topological polar surface area (TPSA) is 54.5 Å². The van der Waals surface area contributed by atoms with Crippen LogP contribution in [0.3, 0.4) is 0 Å². The SMILES string of the molecule is CC(C)CN1CCOC(CNC(=O)c2ccc(F)c3cccnc23)C1. The summed E-state index contributed by atoms with van der Waals surface area (Å²) in [6.45, 7) is 8.25. The summed E-state index contributed by atoms with van der Waals surface area (Å²) >= 11 is 0. The van der Waals surface area contributed by atoms with Gasteiger partial charge in [0.05, 0.1) is 23.8 Å². The van der Waals surface area contributed by atoms with E-state index in [0.717, 1.165) is 19.6 Å². The number of pyridine rings is 1. The van der Waals surface area contributed by atoms with Gasteiger partial charge in [-0.15, -0.1) is 0 Å². The number of hydrogen-bond donors (Lipinski definition) is 1. The van der Waals surface area contributed by atoms with Crippen molar-refractivity contribution in [3.05, 3.63) is 41.8 Å². The third kappa shape index (κ3) is 4.32. The van der Waals surface area contributed by atoms with Crippen molar-refractivity contribution in [1.29, 1.82) is 0 Å². The van der Waals surface area contributed by atoms with Gasteiger partial charge in [0.15, 0.2) is 0 Å². The molecule has 1 aromatic carbocycles. The van der Waals surface area contributed by atoms with Gasteiger partial charge in [-0.05, 0) is 30.2 Å². The van der Waals surface area contributed by atoms with Crippen LogP contribution < -0.4 is 5.32 Å². The predicted octanol–water partition coefficient (Wildman–Crippen LogP) is 2.46. The van der Waals surface area contributed by atoms with Crippen molar-refractivity contribution in [1.82, 2.24) is 15.2 Å². The van der Waals surface area contributed by atoms with Crippen molar-refractivity contribution in [3.8, 4) is 0 Å². The van der Waals surface area contributed by atoms with Crippen LogP contribution in [0.25, 0.3) is 10.9 Å². The Labute approximate surface area is 147 Å². The van der Waals surface area contributed by atoms with Gasteiger partial charge >= 0.3 is 0 Å². The summed E-state index contributed by atoms with van der Waals surface area (Å²) < 4.78 is 19.6. The summed E-state index contributed by atoms with van der Waals surface area (Å²) in [6, 6.07) is 6.07. The van der Waals surface area contributed by atoms with Crippen LogP contribution in [0.15, 0.2) is 30.5 Å². The quantitative estimate of drug-likeness (QED) is 0.904. The van der Waals surface area contributed by atoms with Gasteiger partial charge in [-0.3, -0.25) is 14.7 Å². The smallest absolute Gasteiger partial charge is 0.253 e. The molecule has 6 heteroatoms. The molecule has 1 aliphatic rings. The fourth-order valence-electron chi connectivity index (χ4n) is 3.21. The van der Waals surface area contributed by atoms with Crippen LogP contribution in [0.5, 0.6) is 0 Å². The summed E-state index contributed by atoms with van der Waals surface area (Å²) in [4.78, 5) is 19.1. The number of fused-ring (bicyclic) bond motifs is 1. The van der Waals surface area contributed by atoms with E-state index in [4.69, 9.17) is 4.74 Å². The number of carbonyl (C=O) groups is 1. The minimum atomic E-state index is -0.375. The predicted molar refractivity (Wildman–Crippen MR) is 95.1 cm³/mol. The molecule has 25 heavy (non-hydrogen) atoms. The van der Waals surface area contributed by atoms with Gasteiger partial charge in [-0.2, -0.15) is 0 Å². The van der Waals surface area contributed by atoms with Gasteiger partial charge in [-0.25, -0.2) is 4.39 Å². The van der Waals surface area contributed by atoms with Crippen LogP contribution >= 0.6 is 0 Å². The van der Waals surface area contributed by atoms with Crippen LogP contribution in [0.2, 0.25) is 0 Å². The van der Waals surface area contributed by atoms with Crippen molar-refractivity contribution in [2.24, 2.45) is 5.92 Å². The Kier molecular flexibility index (Phi) is 5.60. The fourth-order valence-corrected chi connectivity index (χ4v) is 3.21. The third-order valence-corrected chi connectivity index (χ3v) is 4.30. The highest BCUT2D eigenvalue weighted by Gasteiger charge is 2.22. The number of carbonyl (C=O) groups excluding carboxylic acids is 1. The molecular weight excluding hydrogens is 321 g/mol. The zero-order valence-corrected chi connectivity index (χ0v) is 14.7. The van der Waals surface area contributed by atoms with Crippen LogP contribution in [-0.4, -0.2) is 54.7 Å². The molecule has 0 bridgehead atoms. The van der Waals surface area contributed by atoms with Crippen molar-refractivity contribution in [2.45, 2.75) is 20.0 Å². The molecule has 134 valence electrons. The van der Waals surface area contributed by atoms with E-state index in [1.807, 2.05) is 0 Å². The second-order valence-electron chi connectivity index (χ2n) is 6.85. The molecule has 1 unspecified atom stereocenters. The number of hydrogen-bond acceptors (Lipinski definition) is 4. The highest BCUT2D eigenvalue weighted by Crippen LogP contribution is 2.19. The van der Waals surface area contributed by atoms with Gasteiger partial charge < -0.3 is 10.1 Å². The van der Waals surface area contributed by atoms with E-state index in [2.05, 4.69) is 29.0 Å². The van der Waals surface area contributed by atoms with E-state index < -0.39 is 0 Å². The van der Waals surface area contributed by atoms with Gasteiger partial charge in [0.2, 0.25) is 0 Å². The normalized spacial score (nSPS) is 18.6. The monoisotopic (exact) mass is 345 g/mol. The van der Waals surface area contributed by atoms with Gasteiger partial charge in [0.25, 0.3) is 5.91 Å². The summed E-state index contributed by atoms with van der Waals surface area (Å²) in [7, 11) is 0.